The van der Waals surface area contributed by atoms with E-state index in [1.54, 1.807) is 0 Å². The normalized spacial score (nSPS) is 15.3. The molecule has 0 saturated carbocycles. The van der Waals surface area contributed by atoms with Crippen molar-refractivity contribution >= 4 is 17.6 Å². The molecule has 0 spiro atoms. The summed E-state index contributed by atoms with van der Waals surface area (Å²) < 4.78 is 37.9. The molecular formula is C17H21F3N6. The maximum atomic E-state index is 12.6. The van der Waals surface area contributed by atoms with Crippen molar-refractivity contribution in [3.8, 4) is 0 Å². The van der Waals surface area contributed by atoms with Crippen LogP contribution in [-0.4, -0.2) is 47.7 Å². The van der Waals surface area contributed by atoms with Crippen LogP contribution < -0.4 is 15.1 Å². The molecule has 1 N–H and O–H groups in total. The molecule has 9 heteroatoms. The fraction of sp³-hybridized carbons (Fsp3) is 0.471. The van der Waals surface area contributed by atoms with Crippen molar-refractivity contribution in [2.24, 2.45) is 0 Å². The Morgan fingerprint density at radius 2 is 1.77 bits per heavy atom. The summed E-state index contributed by atoms with van der Waals surface area (Å²) in [5, 5.41) is 3.19. The second kappa shape index (κ2) is 7.35. The predicted molar refractivity (Wildman–Crippen MR) is 94.6 cm³/mol. The molecule has 3 rings (SSSR count). The Morgan fingerprint density at radius 1 is 1.08 bits per heavy atom. The highest BCUT2D eigenvalue weighted by Gasteiger charge is 2.31. The number of alkyl halides is 3. The average molecular weight is 366 g/mol. The molecule has 0 aliphatic carbocycles. The smallest absolute Gasteiger partial charge is 0.370 e. The summed E-state index contributed by atoms with van der Waals surface area (Å²) in [6.07, 6.45) is -3.48. The number of nitrogens with one attached hydrogen (secondary N) is 1. The Bertz CT molecular complexity index is 739. The van der Waals surface area contributed by atoms with E-state index in [0.717, 1.165) is 30.3 Å². The fourth-order valence-corrected chi connectivity index (χ4v) is 2.84. The zero-order valence-corrected chi connectivity index (χ0v) is 14.7. The lowest BCUT2D eigenvalue weighted by molar-refractivity contribution is -0.137. The van der Waals surface area contributed by atoms with Gasteiger partial charge in [0, 0.05) is 50.7 Å². The molecule has 0 atom stereocenters. The van der Waals surface area contributed by atoms with E-state index in [0.29, 0.717) is 37.9 Å². The van der Waals surface area contributed by atoms with Gasteiger partial charge in [-0.1, -0.05) is 0 Å². The number of piperazine rings is 1. The molecule has 0 aromatic carbocycles. The van der Waals surface area contributed by atoms with Gasteiger partial charge in [0.1, 0.15) is 11.6 Å². The zero-order chi connectivity index (χ0) is 18.7. The van der Waals surface area contributed by atoms with E-state index in [2.05, 4.69) is 25.2 Å². The molecule has 6 nitrogen and oxygen atoms in total. The molecular weight excluding hydrogens is 345 g/mol. The SMILES string of the molecule is CCNc1cc(C)nc(N2CCN(c3ccc(C(F)(F)F)cn3)CC2)n1. The van der Waals surface area contributed by atoms with Crippen molar-refractivity contribution in [1.82, 2.24) is 15.0 Å². The van der Waals surface area contributed by atoms with Gasteiger partial charge in [0.25, 0.3) is 0 Å². The van der Waals surface area contributed by atoms with Gasteiger partial charge in [-0.2, -0.15) is 18.2 Å². The molecule has 0 radical (unpaired) electrons. The van der Waals surface area contributed by atoms with E-state index >= 15 is 0 Å². The molecule has 3 heterocycles. The standard InChI is InChI=1S/C17H21F3N6/c1-3-21-14-10-12(2)23-16(24-14)26-8-6-25(7-9-26)15-5-4-13(11-22-15)17(18,19)20/h4-5,10-11H,3,6-9H2,1-2H3,(H,21,23,24). The van der Waals surface area contributed by atoms with E-state index in [9.17, 15) is 13.2 Å². The van der Waals surface area contributed by atoms with E-state index < -0.39 is 11.7 Å². The second-order valence-electron chi connectivity index (χ2n) is 6.10. The average Bonchev–Trinajstić information content (AvgIpc) is 2.61. The molecule has 2 aromatic rings. The van der Waals surface area contributed by atoms with E-state index in [-0.39, 0.29) is 0 Å². The maximum absolute atomic E-state index is 12.6. The Labute approximate surface area is 150 Å². The monoisotopic (exact) mass is 366 g/mol. The maximum Gasteiger partial charge on any atom is 0.417 e. The molecule has 1 aliphatic heterocycles. The number of anilines is 3. The van der Waals surface area contributed by atoms with Crippen LogP contribution in [0.25, 0.3) is 0 Å². The van der Waals surface area contributed by atoms with E-state index in [1.165, 1.54) is 6.07 Å². The number of hydrogen-bond acceptors (Lipinski definition) is 6. The van der Waals surface area contributed by atoms with Crippen LogP contribution in [0.2, 0.25) is 0 Å². The number of nitrogens with zero attached hydrogens (tertiary/aromatic N) is 5. The number of aromatic nitrogens is 3. The number of halogens is 3. The Hall–Kier alpha value is -2.58. The molecule has 140 valence electrons. The topological polar surface area (TPSA) is 57.2 Å². The van der Waals surface area contributed by atoms with E-state index in [1.807, 2.05) is 24.8 Å². The Balaban J connectivity index is 1.66. The van der Waals surface area contributed by atoms with Crippen molar-refractivity contribution in [3.63, 3.8) is 0 Å². The Kier molecular flexibility index (Phi) is 5.15. The van der Waals surface area contributed by atoms with Gasteiger partial charge in [0.05, 0.1) is 5.56 Å². The predicted octanol–water partition coefficient (Wildman–Crippen LogP) is 2.96. The largest absolute Gasteiger partial charge is 0.417 e. The van der Waals surface area contributed by atoms with Gasteiger partial charge in [-0.3, -0.25) is 0 Å². The molecule has 26 heavy (non-hydrogen) atoms. The first-order chi connectivity index (χ1) is 12.4. The Morgan fingerprint density at radius 3 is 2.35 bits per heavy atom. The third-order valence-electron chi connectivity index (χ3n) is 4.16. The minimum atomic E-state index is -4.36. The van der Waals surface area contributed by atoms with Gasteiger partial charge in [-0.15, -0.1) is 0 Å². The minimum absolute atomic E-state index is 0.552. The third kappa shape index (κ3) is 4.14. The molecule has 1 fully saturated rings. The first-order valence-electron chi connectivity index (χ1n) is 8.49. The van der Waals surface area contributed by atoms with Crippen LogP contribution in [0.4, 0.5) is 30.8 Å². The summed E-state index contributed by atoms with van der Waals surface area (Å²) in [6, 6.07) is 4.39. The first-order valence-corrected chi connectivity index (χ1v) is 8.49. The van der Waals surface area contributed by atoms with Crippen LogP contribution in [0, 0.1) is 6.92 Å². The molecule has 0 bridgehead atoms. The highest BCUT2D eigenvalue weighted by atomic mass is 19.4. The van der Waals surface area contributed by atoms with Crippen molar-refractivity contribution in [3.05, 3.63) is 35.7 Å². The summed E-state index contributed by atoms with van der Waals surface area (Å²) >= 11 is 0. The first kappa shape index (κ1) is 18.2. The van der Waals surface area contributed by atoms with Crippen LogP contribution in [-0.2, 0) is 6.18 Å². The molecule has 2 aromatic heterocycles. The van der Waals surface area contributed by atoms with Crippen LogP contribution in [0.1, 0.15) is 18.2 Å². The molecule has 0 amide bonds. The summed E-state index contributed by atoms with van der Waals surface area (Å²) in [5.74, 6) is 2.01. The van der Waals surface area contributed by atoms with Gasteiger partial charge in [0.15, 0.2) is 0 Å². The van der Waals surface area contributed by atoms with Crippen LogP contribution >= 0.6 is 0 Å². The summed E-state index contributed by atoms with van der Waals surface area (Å²) in [7, 11) is 0. The second-order valence-corrected chi connectivity index (χ2v) is 6.10. The van der Waals surface area contributed by atoms with Crippen molar-refractivity contribution in [2.45, 2.75) is 20.0 Å². The van der Waals surface area contributed by atoms with Crippen molar-refractivity contribution < 1.29 is 13.2 Å². The zero-order valence-electron chi connectivity index (χ0n) is 14.7. The highest BCUT2D eigenvalue weighted by Crippen LogP contribution is 2.29. The van der Waals surface area contributed by atoms with Gasteiger partial charge in [-0.25, -0.2) is 9.97 Å². The van der Waals surface area contributed by atoms with Crippen LogP contribution in [0.3, 0.4) is 0 Å². The molecule has 0 unspecified atom stereocenters. The summed E-state index contributed by atoms with van der Waals surface area (Å²) in [6.45, 7) is 7.36. The minimum Gasteiger partial charge on any atom is -0.370 e. The summed E-state index contributed by atoms with van der Waals surface area (Å²) in [4.78, 5) is 17.0. The molecule has 1 saturated heterocycles. The molecule has 1 aliphatic rings. The number of aryl methyl sites for hydroxylation is 1. The van der Waals surface area contributed by atoms with E-state index in [4.69, 9.17) is 0 Å². The van der Waals surface area contributed by atoms with Gasteiger partial charge < -0.3 is 15.1 Å². The van der Waals surface area contributed by atoms with Crippen LogP contribution in [0.5, 0.6) is 0 Å². The number of pyridine rings is 1. The third-order valence-corrected chi connectivity index (χ3v) is 4.16. The van der Waals surface area contributed by atoms with Gasteiger partial charge in [0.2, 0.25) is 5.95 Å². The van der Waals surface area contributed by atoms with Gasteiger partial charge in [-0.05, 0) is 26.0 Å². The van der Waals surface area contributed by atoms with Crippen molar-refractivity contribution in [2.75, 3.05) is 47.8 Å². The lowest BCUT2D eigenvalue weighted by atomic mass is 10.2. The lowest BCUT2D eigenvalue weighted by Crippen LogP contribution is -2.47. The quantitative estimate of drug-likeness (QED) is 0.898. The van der Waals surface area contributed by atoms with Crippen LogP contribution in [0.15, 0.2) is 24.4 Å². The highest BCUT2D eigenvalue weighted by molar-refractivity contribution is 5.46. The number of hydrogen-bond donors (Lipinski definition) is 1. The summed E-state index contributed by atoms with van der Waals surface area (Å²) in [5.41, 5.74) is 0.154. The van der Waals surface area contributed by atoms with Gasteiger partial charge >= 0.3 is 6.18 Å². The fourth-order valence-electron chi connectivity index (χ4n) is 2.84. The lowest BCUT2D eigenvalue weighted by Gasteiger charge is -2.35. The number of rotatable bonds is 4. The van der Waals surface area contributed by atoms with Crippen molar-refractivity contribution in [1.29, 1.82) is 0 Å².